The highest BCUT2D eigenvalue weighted by molar-refractivity contribution is 7.94. The van der Waals surface area contributed by atoms with Gasteiger partial charge in [0, 0.05) is 14.7 Å². The maximum atomic E-state index is 13.2. The van der Waals surface area contributed by atoms with Crippen LogP contribution in [0.5, 0.6) is 0 Å². The van der Waals surface area contributed by atoms with E-state index in [1.165, 1.54) is 0 Å². The lowest BCUT2D eigenvalue weighted by Gasteiger charge is -2.13. The summed E-state index contributed by atoms with van der Waals surface area (Å²) >= 11 is 0. The molecule has 0 aliphatic carbocycles. The summed E-state index contributed by atoms with van der Waals surface area (Å²) in [5.41, 5.74) is 4.90. The summed E-state index contributed by atoms with van der Waals surface area (Å²) in [7, 11) is -4.10. The summed E-state index contributed by atoms with van der Waals surface area (Å²) < 4.78 is 39.7. The Hall–Kier alpha value is -3.45. The highest BCUT2D eigenvalue weighted by Crippen LogP contribution is 2.26. The molecule has 0 amide bonds. The Kier molecular flexibility index (Phi) is 9.93. The second-order valence-electron chi connectivity index (χ2n) is 8.99. The predicted molar refractivity (Wildman–Crippen MR) is 168 cm³/mol. The topological polar surface area (TPSA) is 51.2 Å². The number of hydrogen-bond donors (Lipinski definition) is 0. The van der Waals surface area contributed by atoms with Crippen molar-refractivity contribution in [1.82, 2.24) is 0 Å². The van der Waals surface area contributed by atoms with Crippen LogP contribution < -0.4 is 0 Å². The fourth-order valence-electron chi connectivity index (χ4n) is 4.07. The normalized spacial score (nSPS) is 13.2. The Balaban J connectivity index is 1.59. The molecule has 3 atom stereocenters. The van der Waals surface area contributed by atoms with Crippen molar-refractivity contribution in [3.05, 3.63) is 162 Å². The molecule has 4 aromatic carbocycles. The first-order valence-electron chi connectivity index (χ1n) is 12.3. The van der Waals surface area contributed by atoms with Gasteiger partial charge in [-0.25, -0.2) is 0 Å². The van der Waals surface area contributed by atoms with Crippen molar-refractivity contribution in [2.45, 2.75) is 17.3 Å². The molecule has 4 rings (SSSR count). The zero-order chi connectivity index (χ0) is 27.8. The zero-order valence-electron chi connectivity index (χ0n) is 21.6. The summed E-state index contributed by atoms with van der Waals surface area (Å²) in [5.74, 6) is 0.729. The molecule has 0 radical (unpaired) electrons. The van der Waals surface area contributed by atoms with E-state index in [9.17, 15) is 12.6 Å². The van der Waals surface area contributed by atoms with E-state index in [0.717, 1.165) is 33.4 Å². The van der Waals surface area contributed by atoms with Crippen molar-refractivity contribution in [3.63, 3.8) is 0 Å². The van der Waals surface area contributed by atoms with Crippen LogP contribution in [0.25, 0.3) is 14.7 Å². The van der Waals surface area contributed by atoms with Gasteiger partial charge < -0.3 is 0 Å². The van der Waals surface area contributed by atoms with Crippen LogP contribution in [0.3, 0.4) is 0 Å². The second-order valence-corrected chi connectivity index (χ2v) is 13.4. The summed E-state index contributed by atoms with van der Waals surface area (Å²) in [4.78, 5) is 1.64. The van der Waals surface area contributed by atoms with Crippen molar-refractivity contribution < 1.29 is 12.6 Å². The molecule has 6 heteroatoms. The molecule has 0 aliphatic rings. The standard InChI is InChI=1S/C33H30O3S3/c1-25(31-13-7-4-8-14-31)37(34)22-28-19-29(23-38(35)26(2)32-15-9-5-10-16-32)21-30(20-28)24-39(36)27(3)33-17-11-6-12-18-33/h4-21H,1-3,22-24H2. The van der Waals surface area contributed by atoms with Crippen LogP contribution >= 0.6 is 0 Å². The van der Waals surface area contributed by atoms with Crippen LogP contribution in [0.2, 0.25) is 0 Å². The molecule has 0 heterocycles. The minimum atomic E-state index is -1.37. The van der Waals surface area contributed by atoms with Crippen molar-refractivity contribution in [2.75, 3.05) is 0 Å². The van der Waals surface area contributed by atoms with Crippen LogP contribution in [-0.4, -0.2) is 12.6 Å². The molecule has 0 spiro atoms. The molecular weight excluding hydrogens is 541 g/mol. The Morgan fingerprint density at radius 1 is 0.436 bits per heavy atom. The third kappa shape index (κ3) is 7.79. The lowest BCUT2D eigenvalue weighted by atomic mass is 10.1. The Morgan fingerprint density at radius 2 is 0.667 bits per heavy atom. The maximum Gasteiger partial charge on any atom is 0.0574 e. The van der Waals surface area contributed by atoms with E-state index in [1.54, 1.807) is 0 Å². The largest absolute Gasteiger partial charge is 0.254 e. The minimum Gasteiger partial charge on any atom is -0.254 e. The molecule has 0 bridgehead atoms. The summed E-state index contributed by atoms with van der Waals surface area (Å²) in [6.45, 7) is 12.2. The van der Waals surface area contributed by atoms with Gasteiger partial charge in [0.25, 0.3) is 0 Å². The fraction of sp³-hybridized carbons (Fsp3) is 0.0909. The van der Waals surface area contributed by atoms with Gasteiger partial charge in [0.15, 0.2) is 0 Å². The van der Waals surface area contributed by atoms with Gasteiger partial charge in [0.2, 0.25) is 0 Å². The molecule has 0 aliphatic heterocycles. The first-order chi connectivity index (χ1) is 18.8. The van der Waals surface area contributed by atoms with E-state index in [2.05, 4.69) is 19.7 Å². The minimum absolute atomic E-state index is 0.243. The summed E-state index contributed by atoms with van der Waals surface area (Å²) in [6.07, 6.45) is 0. The predicted octanol–water partition coefficient (Wildman–Crippen LogP) is 7.45. The SMILES string of the molecule is C=C(c1ccccc1)S(=O)Cc1cc(CS(=O)C(=C)c2ccccc2)cc(CS(=O)C(=C)c2ccccc2)c1. The highest BCUT2D eigenvalue weighted by atomic mass is 32.2. The van der Waals surface area contributed by atoms with Gasteiger partial charge in [0.05, 0.1) is 49.7 Å². The number of rotatable bonds is 12. The van der Waals surface area contributed by atoms with E-state index >= 15 is 0 Å². The first-order valence-corrected chi connectivity index (χ1v) is 16.3. The molecule has 0 aromatic heterocycles. The average molecular weight is 571 g/mol. The second kappa shape index (κ2) is 13.6. The van der Waals surface area contributed by atoms with Crippen molar-refractivity contribution in [1.29, 1.82) is 0 Å². The summed E-state index contributed by atoms with van der Waals surface area (Å²) in [6, 6.07) is 34.1. The van der Waals surface area contributed by atoms with E-state index in [1.807, 2.05) is 109 Å². The molecule has 39 heavy (non-hydrogen) atoms. The van der Waals surface area contributed by atoms with Gasteiger partial charge in [-0.05, 0) is 33.4 Å². The van der Waals surface area contributed by atoms with Gasteiger partial charge in [-0.2, -0.15) is 0 Å². The highest BCUT2D eigenvalue weighted by Gasteiger charge is 2.15. The maximum absolute atomic E-state index is 13.2. The molecule has 0 saturated heterocycles. The van der Waals surface area contributed by atoms with Crippen LogP contribution in [0.1, 0.15) is 33.4 Å². The van der Waals surface area contributed by atoms with Crippen LogP contribution in [-0.2, 0) is 49.7 Å². The van der Waals surface area contributed by atoms with Crippen molar-refractivity contribution in [2.24, 2.45) is 0 Å². The van der Waals surface area contributed by atoms with Crippen molar-refractivity contribution in [3.8, 4) is 0 Å². The fourth-order valence-corrected chi connectivity index (χ4v) is 7.20. The summed E-state index contributed by atoms with van der Waals surface area (Å²) in [5, 5.41) is 0. The first kappa shape index (κ1) is 28.6. The van der Waals surface area contributed by atoms with Crippen LogP contribution in [0.15, 0.2) is 129 Å². The lowest BCUT2D eigenvalue weighted by Crippen LogP contribution is -2.05. The Morgan fingerprint density at radius 3 is 0.897 bits per heavy atom. The van der Waals surface area contributed by atoms with Gasteiger partial charge in [-0.15, -0.1) is 0 Å². The molecule has 0 N–H and O–H groups in total. The van der Waals surface area contributed by atoms with E-state index in [-0.39, 0.29) is 17.3 Å². The monoisotopic (exact) mass is 570 g/mol. The molecule has 198 valence electrons. The Bertz CT molecular complexity index is 1360. The van der Waals surface area contributed by atoms with Gasteiger partial charge in [-0.3, -0.25) is 12.6 Å². The molecule has 3 unspecified atom stereocenters. The molecule has 3 nitrogen and oxygen atoms in total. The van der Waals surface area contributed by atoms with Gasteiger partial charge >= 0.3 is 0 Å². The van der Waals surface area contributed by atoms with E-state index < -0.39 is 32.4 Å². The van der Waals surface area contributed by atoms with Gasteiger partial charge in [-0.1, -0.05) is 129 Å². The Labute approximate surface area is 238 Å². The quantitative estimate of drug-likeness (QED) is 0.178. The third-order valence-electron chi connectivity index (χ3n) is 6.12. The van der Waals surface area contributed by atoms with Crippen LogP contribution in [0.4, 0.5) is 0 Å². The van der Waals surface area contributed by atoms with E-state index in [0.29, 0.717) is 14.7 Å². The zero-order valence-corrected chi connectivity index (χ0v) is 24.0. The molecule has 0 fully saturated rings. The van der Waals surface area contributed by atoms with Crippen molar-refractivity contribution >= 4 is 47.1 Å². The number of benzene rings is 4. The number of hydrogen-bond acceptors (Lipinski definition) is 3. The van der Waals surface area contributed by atoms with Crippen LogP contribution in [0, 0.1) is 0 Å². The third-order valence-corrected chi connectivity index (χ3v) is 10.3. The lowest BCUT2D eigenvalue weighted by molar-refractivity contribution is 0.688. The molecular formula is C33H30O3S3. The van der Waals surface area contributed by atoms with Gasteiger partial charge in [0.1, 0.15) is 0 Å². The van der Waals surface area contributed by atoms with E-state index in [4.69, 9.17) is 0 Å². The molecule has 0 saturated carbocycles. The smallest absolute Gasteiger partial charge is 0.0574 e. The average Bonchev–Trinajstić information content (AvgIpc) is 2.97. The molecule has 4 aromatic rings.